The molecule has 3 atom stereocenters. The first-order chi connectivity index (χ1) is 14.6. The van der Waals surface area contributed by atoms with Gasteiger partial charge >= 0.3 is 12.2 Å². The number of urea groups is 1. The summed E-state index contributed by atoms with van der Waals surface area (Å²) >= 11 is 0. The maximum atomic E-state index is 14.3. The van der Waals surface area contributed by atoms with E-state index in [2.05, 4.69) is 0 Å². The largest absolute Gasteiger partial charge is 0.454 e. The van der Waals surface area contributed by atoms with Crippen molar-refractivity contribution in [2.75, 3.05) is 20.9 Å². The van der Waals surface area contributed by atoms with Gasteiger partial charge in [0.05, 0.1) is 6.04 Å². The number of hydrogen-bond acceptors (Lipinski definition) is 5. The zero-order chi connectivity index (χ0) is 22.6. The van der Waals surface area contributed by atoms with Gasteiger partial charge in [-0.15, -0.1) is 0 Å². The summed E-state index contributed by atoms with van der Waals surface area (Å²) in [6.07, 6.45) is -5.30. The highest BCUT2D eigenvalue weighted by atomic mass is 19.4. The van der Waals surface area contributed by atoms with Crippen LogP contribution in [0, 0.1) is 5.92 Å². The second kappa shape index (κ2) is 7.16. The molecule has 0 aromatic heterocycles. The molecule has 0 radical (unpaired) electrons. The van der Waals surface area contributed by atoms with Crippen LogP contribution in [0.1, 0.15) is 22.0 Å². The Balaban J connectivity index is 1.93. The molecule has 2 aliphatic heterocycles. The molecule has 1 saturated heterocycles. The normalized spacial score (nSPS) is 25.7. The van der Waals surface area contributed by atoms with Crippen LogP contribution in [0.4, 0.5) is 18.0 Å². The summed E-state index contributed by atoms with van der Waals surface area (Å²) in [6.45, 7) is -0.0557. The van der Waals surface area contributed by atoms with Crippen LogP contribution in [0.2, 0.25) is 0 Å². The number of carbonyl (C=O) groups excluding carboxylic acids is 2. The highest BCUT2D eigenvalue weighted by molar-refractivity contribution is 6.00. The molecule has 2 amide bonds. The number of hydrogen-bond donors (Lipinski definition) is 1. The molecule has 0 spiro atoms. The molecule has 0 saturated carbocycles. The summed E-state index contributed by atoms with van der Waals surface area (Å²) in [5.41, 5.74) is -3.55. The number of benzene rings is 2. The molecular formula is C21H19F3N2O5. The lowest BCUT2D eigenvalue weighted by Gasteiger charge is -2.53. The van der Waals surface area contributed by atoms with Crippen LogP contribution in [-0.2, 0) is 0 Å². The number of aliphatic hydroxyl groups is 1. The van der Waals surface area contributed by atoms with Crippen LogP contribution in [-0.4, -0.2) is 59.5 Å². The Bertz CT molecular complexity index is 1030. The number of carbonyl (C=O) groups is 2. The third-order valence-electron chi connectivity index (χ3n) is 5.76. The van der Waals surface area contributed by atoms with Crippen molar-refractivity contribution in [1.29, 1.82) is 0 Å². The van der Waals surface area contributed by atoms with E-state index in [0.29, 0.717) is 5.75 Å². The number of rotatable bonds is 3. The van der Waals surface area contributed by atoms with Crippen molar-refractivity contribution in [3.05, 3.63) is 59.7 Å². The summed E-state index contributed by atoms with van der Waals surface area (Å²) in [4.78, 5) is 27.3. The van der Waals surface area contributed by atoms with Gasteiger partial charge in [-0.2, -0.15) is 13.2 Å². The number of amides is 2. The van der Waals surface area contributed by atoms with Crippen LogP contribution < -0.4 is 9.47 Å². The minimum atomic E-state index is -5.30. The Hall–Kier alpha value is -3.27. The molecule has 4 rings (SSSR count). The number of alkyl halides is 3. The number of ketones is 1. The van der Waals surface area contributed by atoms with E-state index in [1.807, 2.05) is 0 Å². The lowest BCUT2D eigenvalue weighted by molar-refractivity contribution is -0.328. The molecule has 31 heavy (non-hydrogen) atoms. The van der Waals surface area contributed by atoms with E-state index in [9.17, 15) is 27.9 Å². The summed E-state index contributed by atoms with van der Waals surface area (Å²) in [5.74, 6) is -2.35. The van der Waals surface area contributed by atoms with Gasteiger partial charge in [0.15, 0.2) is 17.3 Å². The maximum Gasteiger partial charge on any atom is 0.437 e. The van der Waals surface area contributed by atoms with E-state index < -0.39 is 35.7 Å². The first-order valence-electron chi connectivity index (χ1n) is 9.36. The summed E-state index contributed by atoms with van der Waals surface area (Å²) in [5, 5.41) is 11.0. The molecule has 3 unspecified atom stereocenters. The molecule has 2 aliphatic rings. The summed E-state index contributed by atoms with van der Waals surface area (Å²) in [6, 6.07) is 9.23. The monoisotopic (exact) mass is 436 g/mol. The van der Waals surface area contributed by atoms with Crippen LogP contribution in [0.5, 0.6) is 11.5 Å². The first-order valence-corrected chi connectivity index (χ1v) is 9.36. The van der Waals surface area contributed by atoms with Gasteiger partial charge in [0, 0.05) is 19.7 Å². The smallest absolute Gasteiger partial charge is 0.437 e. The Morgan fingerprint density at radius 3 is 2.39 bits per heavy atom. The van der Waals surface area contributed by atoms with E-state index in [-0.39, 0.29) is 28.6 Å². The molecular weight excluding hydrogens is 417 g/mol. The lowest BCUT2D eigenvalue weighted by atomic mass is 9.75. The van der Waals surface area contributed by atoms with Gasteiger partial charge in [-0.25, -0.2) is 4.79 Å². The van der Waals surface area contributed by atoms with Crippen LogP contribution >= 0.6 is 0 Å². The quantitative estimate of drug-likeness (QED) is 0.748. The molecule has 1 fully saturated rings. The Kier molecular flexibility index (Phi) is 4.84. The highest BCUT2D eigenvalue weighted by Gasteiger charge is 2.70. The second-order valence-electron chi connectivity index (χ2n) is 7.44. The minimum absolute atomic E-state index is 0.0166. The molecule has 10 heteroatoms. The number of fused-ring (bicyclic) bond motifs is 1. The van der Waals surface area contributed by atoms with Crippen molar-refractivity contribution in [1.82, 2.24) is 9.80 Å². The van der Waals surface area contributed by atoms with Gasteiger partial charge in [0.1, 0.15) is 5.92 Å². The van der Waals surface area contributed by atoms with Crippen LogP contribution in [0.15, 0.2) is 48.5 Å². The molecule has 1 N–H and O–H groups in total. The summed E-state index contributed by atoms with van der Waals surface area (Å²) < 4.78 is 53.3. The fourth-order valence-corrected chi connectivity index (χ4v) is 4.14. The van der Waals surface area contributed by atoms with Crippen molar-refractivity contribution >= 4 is 11.8 Å². The van der Waals surface area contributed by atoms with Crippen LogP contribution in [0.25, 0.3) is 0 Å². The van der Waals surface area contributed by atoms with Crippen molar-refractivity contribution in [2.45, 2.75) is 17.9 Å². The van der Waals surface area contributed by atoms with Crippen molar-refractivity contribution in [3.63, 3.8) is 0 Å². The van der Waals surface area contributed by atoms with E-state index in [1.54, 1.807) is 6.07 Å². The predicted octanol–water partition coefficient (Wildman–Crippen LogP) is 3.20. The number of ether oxygens (including phenoxy) is 2. The molecule has 2 heterocycles. The first kappa shape index (κ1) is 21.0. The lowest BCUT2D eigenvalue weighted by Crippen LogP contribution is -2.73. The number of halogens is 3. The standard InChI is InChI=1S/C21H19F3N2O5/c1-25-17(13-8-9-14-15(10-13)31-11-30-14)16(18(27)12-6-4-3-5-7-12)20(29,21(22,23)24)26(2)19(25)28/h3-10,16-17,29H,11H2,1-2H3. The van der Waals surface area contributed by atoms with Crippen molar-refractivity contribution in [2.24, 2.45) is 5.92 Å². The van der Waals surface area contributed by atoms with E-state index >= 15 is 0 Å². The van der Waals surface area contributed by atoms with Gasteiger partial charge in [-0.05, 0) is 17.7 Å². The van der Waals surface area contributed by atoms with Gasteiger partial charge in [0.2, 0.25) is 6.79 Å². The predicted molar refractivity (Wildman–Crippen MR) is 101 cm³/mol. The molecule has 164 valence electrons. The molecule has 0 aliphatic carbocycles. The maximum absolute atomic E-state index is 14.3. The zero-order valence-electron chi connectivity index (χ0n) is 16.6. The third-order valence-corrected chi connectivity index (χ3v) is 5.76. The minimum Gasteiger partial charge on any atom is -0.454 e. The van der Waals surface area contributed by atoms with Crippen LogP contribution in [0.3, 0.4) is 0 Å². The fraction of sp³-hybridized carbons (Fsp3) is 0.333. The second-order valence-corrected chi connectivity index (χ2v) is 7.44. The Morgan fingerprint density at radius 1 is 1.10 bits per heavy atom. The topological polar surface area (TPSA) is 79.3 Å². The highest BCUT2D eigenvalue weighted by Crippen LogP contribution is 2.51. The number of nitrogens with zero attached hydrogens (tertiary/aromatic N) is 2. The molecule has 7 nitrogen and oxygen atoms in total. The Labute approximate surface area is 175 Å². The van der Waals surface area contributed by atoms with E-state index in [1.165, 1.54) is 49.5 Å². The fourth-order valence-electron chi connectivity index (χ4n) is 4.14. The van der Waals surface area contributed by atoms with Gasteiger partial charge in [-0.3, -0.25) is 9.69 Å². The van der Waals surface area contributed by atoms with Gasteiger partial charge < -0.3 is 19.5 Å². The third kappa shape index (κ3) is 3.09. The van der Waals surface area contributed by atoms with E-state index in [4.69, 9.17) is 9.47 Å². The van der Waals surface area contributed by atoms with Gasteiger partial charge in [0.25, 0.3) is 5.72 Å². The summed E-state index contributed by atoms with van der Waals surface area (Å²) in [7, 11) is 2.11. The molecule has 0 bridgehead atoms. The van der Waals surface area contributed by atoms with Crippen molar-refractivity contribution in [3.8, 4) is 11.5 Å². The average Bonchev–Trinajstić information content (AvgIpc) is 3.22. The zero-order valence-corrected chi connectivity index (χ0v) is 16.6. The van der Waals surface area contributed by atoms with E-state index in [0.717, 1.165) is 11.9 Å². The van der Waals surface area contributed by atoms with Crippen molar-refractivity contribution < 1.29 is 37.3 Å². The molecule has 2 aromatic carbocycles. The van der Waals surface area contributed by atoms with Gasteiger partial charge in [-0.1, -0.05) is 36.4 Å². The Morgan fingerprint density at radius 2 is 1.74 bits per heavy atom. The SMILES string of the molecule is CN1C(=O)N(C)C(O)(C(F)(F)F)C(C(=O)c2ccccc2)C1c1ccc2c(c1)OCO2. The number of Topliss-reactive ketones (excluding diaryl/α,β-unsaturated/α-hetero) is 1. The average molecular weight is 436 g/mol. The molecule has 2 aromatic rings.